The molecule has 0 aliphatic carbocycles. The highest BCUT2D eigenvalue weighted by Crippen LogP contribution is 2.22. The van der Waals surface area contributed by atoms with Crippen molar-refractivity contribution in [3.8, 4) is 5.75 Å². The van der Waals surface area contributed by atoms with Crippen LogP contribution in [0.3, 0.4) is 0 Å². The highest BCUT2D eigenvalue weighted by Gasteiger charge is 2.08. The number of halogens is 2. The van der Waals surface area contributed by atoms with Gasteiger partial charge in [-0.3, -0.25) is 10.1 Å². The van der Waals surface area contributed by atoms with Crippen LogP contribution in [-0.2, 0) is 4.79 Å². The van der Waals surface area contributed by atoms with Crippen molar-refractivity contribution in [1.29, 1.82) is 0 Å². The molecule has 0 unspecified atom stereocenters. The molecule has 0 saturated carbocycles. The lowest BCUT2D eigenvalue weighted by atomic mass is 10.2. The lowest BCUT2D eigenvalue weighted by Crippen LogP contribution is -2.37. The average Bonchev–Trinajstić information content (AvgIpc) is 2.51. The Balaban J connectivity index is 1.84. The van der Waals surface area contributed by atoms with Gasteiger partial charge in [-0.2, -0.15) is 0 Å². The van der Waals surface area contributed by atoms with Gasteiger partial charge in [-0.25, -0.2) is 0 Å². The van der Waals surface area contributed by atoms with Crippen LogP contribution >= 0.6 is 35.4 Å². The Morgan fingerprint density at radius 2 is 1.87 bits per heavy atom. The summed E-state index contributed by atoms with van der Waals surface area (Å²) in [4.78, 5) is 11.8. The van der Waals surface area contributed by atoms with Gasteiger partial charge in [-0.15, -0.1) is 0 Å². The molecule has 0 radical (unpaired) electrons. The number of benzene rings is 2. The number of amides is 1. The third-order valence-electron chi connectivity index (χ3n) is 2.95. The minimum absolute atomic E-state index is 0.155. The Hall–Kier alpha value is -1.82. The number of hydrogen-bond donors (Lipinski definition) is 2. The van der Waals surface area contributed by atoms with Crippen molar-refractivity contribution < 1.29 is 9.53 Å². The Morgan fingerprint density at radius 1 is 1.17 bits per heavy atom. The number of nitrogens with one attached hydrogen (secondary N) is 2. The van der Waals surface area contributed by atoms with Crippen LogP contribution in [0.4, 0.5) is 5.69 Å². The second-order valence-electron chi connectivity index (χ2n) is 4.66. The van der Waals surface area contributed by atoms with E-state index in [0.29, 0.717) is 15.8 Å². The van der Waals surface area contributed by atoms with Gasteiger partial charge in [0.05, 0.1) is 0 Å². The molecule has 2 aromatic rings. The summed E-state index contributed by atoms with van der Waals surface area (Å²) >= 11 is 16.9. The van der Waals surface area contributed by atoms with Crippen LogP contribution in [0.1, 0.15) is 5.56 Å². The molecule has 23 heavy (non-hydrogen) atoms. The molecule has 2 rings (SSSR count). The standard InChI is InChI=1S/C16H14Cl2N2O2S/c1-10-13(18)3-2-4-14(10)19-16(23)20-15(21)9-22-12-7-5-11(17)6-8-12/h2-8H,9H2,1H3,(H2,19,20,21,23). The molecule has 0 aromatic heterocycles. The maximum atomic E-state index is 11.8. The maximum Gasteiger partial charge on any atom is 0.264 e. The Bertz CT molecular complexity index is 721. The molecule has 0 spiro atoms. The number of carbonyl (C=O) groups is 1. The largest absolute Gasteiger partial charge is 0.484 e. The van der Waals surface area contributed by atoms with Crippen LogP contribution in [0.5, 0.6) is 5.75 Å². The van der Waals surface area contributed by atoms with E-state index in [9.17, 15) is 4.79 Å². The number of rotatable bonds is 4. The third-order valence-corrected chi connectivity index (χ3v) is 3.82. The Labute approximate surface area is 149 Å². The number of ether oxygens (including phenoxy) is 1. The predicted molar refractivity (Wildman–Crippen MR) is 97.5 cm³/mol. The molecule has 0 atom stereocenters. The molecule has 120 valence electrons. The van der Waals surface area contributed by atoms with Crippen LogP contribution in [0.25, 0.3) is 0 Å². The van der Waals surface area contributed by atoms with Crippen LogP contribution in [0.15, 0.2) is 42.5 Å². The molecule has 0 fully saturated rings. The van der Waals surface area contributed by atoms with E-state index in [0.717, 1.165) is 11.3 Å². The second kappa shape index (κ2) is 8.15. The van der Waals surface area contributed by atoms with Crippen molar-refractivity contribution in [1.82, 2.24) is 5.32 Å². The minimum Gasteiger partial charge on any atom is -0.484 e. The lowest BCUT2D eigenvalue weighted by molar-refractivity contribution is -0.121. The van der Waals surface area contributed by atoms with Crippen LogP contribution in [0, 0.1) is 6.92 Å². The number of hydrogen-bond acceptors (Lipinski definition) is 3. The predicted octanol–water partition coefficient (Wildman–Crippen LogP) is 4.19. The molecule has 4 nitrogen and oxygen atoms in total. The zero-order valence-corrected chi connectivity index (χ0v) is 14.6. The normalized spacial score (nSPS) is 10.0. The first-order valence-corrected chi connectivity index (χ1v) is 7.86. The summed E-state index contributed by atoms with van der Waals surface area (Å²) < 4.78 is 5.34. The van der Waals surface area contributed by atoms with E-state index in [1.807, 2.05) is 13.0 Å². The molecule has 0 saturated heterocycles. The van der Waals surface area contributed by atoms with Gasteiger partial charge in [-0.1, -0.05) is 29.3 Å². The van der Waals surface area contributed by atoms with Crippen molar-refractivity contribution in [3.63, 3.8) is 0 Å². The second-order valence-corrected chi connectivity index (χ2v) is 5.91. The Morgan fingerprint density at radius 3 is 2.57 bits per heavy atom. The quantitative estimate of drug-likeness (QED) is 0.794. The van der Waals surface area contributed by atoms with E-state index in [2.05, 4.69) is 10.6 Å². The summed E-state index contributed by atoms with van der Waals surface area (Å²) in [5.74, 6) is 0.186. The molecule has 0 aliphatic rings. The van der Waals surface area contributed by atoms with Gasteiger partial charge in [-0.05, 0) is 61.1 Å². The first kappa shape index (κ1) is 17.5. The molecule has 2 N–H and O–H groups in total. The number of carbonyl (C=O) groups excluding carboxylic acids is 1. The fourth-order valence-corrected chi connectivity index (χ4v) is 2.26. The highest BCUT2D eigenvalue weighted by atomic mass is 35.5. The molecule has 2 aromatic carbocycles. The van der Waals surface area contributed by atoms with Crippen molar-refractivity contribution >= 4 is 52.1 Å². The first-order chi connectivity index (χ1) is 11.0. The maximum absolute atomic E-state index is 11.8. The van der Waals surface area contributed by atoms with Gasteiger partial charge < -0.3 is 10.1 Å². The van der Waals surface area contributed by atoms with E-state index in [-0.39, 0.29) is 17.6 Å². The molecule has 0 bridgehead atoms. The minimum atomic E-state index is -0.364. The van der Waals surface area contributed by atoms with Crippen LogP contribution < -0.4 is 15.4 Å². The molecule has 7 heteroatoms. The van der Waals surface area contributed by atoms with Crippen molar-refractivity contribution in [2.75, 3.05) is 11.9 Å². The van der Waals surface area contributed by atoms with Crippen molar-refractivity contribution in [3.05, 3.63) is 58.1 Å². The zero-order valence-electron chi connectivity index (χ0n) is 12.2. The molecular weight excluding hydrogens is 355 g/mol. The topological polar surface area (TPSA) is 50.4 Å². The van der Waals surface area contributed by atoms with Gasteiger partial charge in [0.25, 0.3) is 5.91 Å². The summed E-state index contributed by atoms with van der Waals surface area (Å²) in [7, 11) is 0. The monoisotopic (exact) mass is 368 g/mol. The van der Waals surface area contributed by atoms with E-state index in [1.165, 1.54) is 0 Å². The number of anilines is 1. The summed E-state index contributed by atoms with van der Waals surface area (Å²) in [5.41, 5.74) is 1.59. The summed E-state index contributed by atoms with van der Waals surface area (Å²) in [6.07, 6.45) is 0. The fraction of sp³-hybridized carbons (Fsp3) is 0.125. The average molecular weight is 369 g/mol. The first-order valence-electron chi connectivity index (χ1n) is 6.70. The highest BCUT2D eigenvalue weighted by molar-refractivity contribution is 7.80. The molecule has 1 amide bonds. The van der Waals surface area contributed by atoms with E-state index < -0.39 is 0 Å². The number of thiocarbonyl (C=S) groups is 1. The molecular formula is C16H14Cl2N2O2S. The van der Waals surface area contributed by atoms with E-state index in [4.69, 9.17) is 40.2 Å². The van der Waals surface area contributed by atoms with E-state index >= 15 is 0 Å². The third kappa shape index (κ3) is 5.39. The SMILES string of the molecule is Cc1c(Cl)cccc1NC(=S)NC(=O)COc1ccc(Cl)cc1. The van der Waals surface area contributed by atoms with Crippen molar-refractivity contribution in [2.45, 2.75) is 6.92 Å². The van der Waals surface area contributed by atoms with Crippen LogP contribution in [0.2, 0.25) is 10.0 Å². The zero-order chi connectivity index (χ0) is 16.8. The van der Waals surface area contributed by atoms with Gasteiger partial charge in [0, 0.05) is 15.7 Å². The van der Waals surface area contributed by atoms with E-state index in [1.54, 1.807) is 36.4 Å². The van der Waals surface area contributed by atoms with Gasteiger partial charge in [0.1, 0.15) is 5.75 Å². The fourth-order valence-electron chi connectivity index (χ4n) is 1.74. The van der Waals surface area contributed by atoms with Crippen molar-refractivity contribution in [2.24, 2.45) is 0 Å². The summed E-state index contributed by atoms with van der Waals surface area (Å²) in [6.45, 7) is 1.71. The van der Waals surface area contributed by atoms with Crippen LogP contribution in [-0.4, -0.2) is 17.6 Å². The summed E-state index contributed by atoms with van der Waals surface area (Å²) in [5, 5.41) is 6.88. The van der Waals surface area contributed by atoms with Gasteiger partial charge in [0.2, 0.25) is 0 Å². The lowest BCUT2D eigenvalue weighted by Gasteiger charge is -2.12. The molecule has 0 aliphatic heterocycles. The smallest absolute Gasteiger partial charge is 0.264 e. The molecule has 0 heterocycles. The van der Waals surface area contributed by atoms with Gasteiger partial charge in [0.15, 0.2) is 11.7 Å². The summed E-state index contributed by atoms with van der Waals surface area (Å²) in [6, 6.07) is 12.1. The Kier molecular flexibility index (Phi) is 6.21. The van der Waals surface area contributed by atoms with Gasteiger partial charge >= 0.3 is 0 Å².